The molecule has 0 aliphatic rings. The Kier molecular flexibility index (Phi) is 9.06. The van der Waals surface area contributed by atoms with Gasteiger partial charge >= 0.3 is 0 Å². The first-order valence-corrected chi connectivity index (χ1v) is 10.6. The Hall–Kier alpha value is -3.35. The Morgan fingerprint density at radius 3 is 2.03 bits per heavy atom. The van der Waals surface area contributed by atoms with Gasteiger partial charge in [-0.2, -0.15) is 0 Å². The summed E-state index contributed by atoms with van der Waals surface area (Å²) in [5, 5.41) is 5.84. The minimum Gasteiger partial charge on any atom is -0.376 e. The first-order valence-electron chi connectivity index (χ1n) is 10.6. The van der Waals surface area contributed by atoms with Gasteiger partial charge in [-0.1, -0.05) is 19.9 Å². The highest BCUT2D eigenvalue weighted by molar-refractivity contribution is 5.98. The van der Waals surface area contributed by atoms with Crippen molar-refractivity contribution in [1.29, 1.82) is 0 Å². The molecule has 0 unspecified atom stereocenters. The van der Waals surface area contributed by atoms with Gasteiger partial charge in [0, 0.05) is 49.7 Å². The van der Waals surface area contributed by atoms with Crippen molar-refractivity contribution >= 4 is 29.1 Å². The maximum atomic E-state index is 12.6. The molecule has 0 spiro atoms. The molecule has 0 bridgehead atoms. The highest BCUT2D eigenvalue weighted by atomic mass is 16.2. The van der Waals surface area contributed by atoms with Crippen LogP contribution in [0.3, 0.4) is 0 Å². The molecule has 0 aromatic heterocycles. The monoisotopic (exact) mass is 424 g/mol. The van der Waals surface area contributed by atoms with E-state index in [0.29, 0.717) is 16.8 Å². The van der Waals surface area contributed by atoms with Gasteiger partial charge in [0.25, 0.3) is 11.8 Å². The molecule has 2 aromatic rings. The topological polar surface area (TPSA) is 81.8 Å². The molecule has 0 aliphatic heterocycles. The van der Waals surface area contributed by atoms with Gasteiger partial charge in [0.05, 0.1) is 6.54 Å². The molecule has 0 saturated carbocycles. The summed E-state index contributed by atoms with van der Waals surface area (Å²) >= 11 is 0. The van der Waals surface area contributed by atoms with Gasteiger partial charge in [0.1, 0.15) is 0 Å². The molecule has 2 N–H and O–H groups in total. The third-order valence-electron chi connectivity index (χ3n) is 4.66. The zero-order valence-corrected chi connectivity index (χ0v) is 18.8. The van der Waals surface area contributed by atoms with Crippen LogP contribution in [0.4, 0.5) is 11.4 Å². The lowest BCUT2D eigenvalue weighted by atomic mass is 10.1. The minimum absolute atomic E-state index is 0.0279. The highest BCUT2D eigenvalue weighted by Gasteiger charge is 2.14. The van der Waals surface area contributed by atoms with Crippen LogP contribution in [0.1, 0.15) is 47.4 Å². The fourth-order valence-electron chi connectivity index (χ4n) is 3.14. The van der Waals surface area contributed by atoms with E-state index in [-0.39, 0.29) is 24.3 Å². The van der Waals surface area contributed by atoms with Crippen LogP contribution in [0.5, 0.6) is 0 Å². The number of anilines is 2. The molecule has 31 heavy (non-hydrogen) atoms. The number of nitrogens with zero attached hydrogens (tertiary/aromatic N) is 2. The smallest absolute Gasteiger partial charge is 0.253 e. The Bertz CT molecular complexity index is 888. The fourth-order valence-corrected chi connectivity index (χ4v) is 3.14. The van der Waals surface area contributed by atoms with Crippen LogP contribution in [0.25, 0.3) is 0 Å². The number of carbonyl (C=O) groups excluding carboxylic acids is 3. The zero-order chi connectivity index (χ0) is 22.8. The summed E-state index contributed by atoms with van der Waals surface area (Å²) in [4.78, 5) is 40.3. The highest BCUT2D eigenvalue weighted by Crippen LogP contribution is 2.14. The van der Waals surface area contributed by atoms with Crippen LogP contribution >= 0.6 is 0 Å². The molecule has 3 amide bonds. The lowest BCUT2D eigenvalue weighted by molar-refractivity contribution is -0.114. The summed E-state index contributed by atoms with van der Waals surface area (Å²) in [5.41, 5.74) is 2.46. The van der Waals surface area contributed by atoms with Crippen molar-refractivity contribution in [2.75, 3.05) is 44.4 Å². The second kappa shape index (κ2) is 11.7. The molecule has 7 nitrogen and oxygen atoms in total. The van der Waals surface area contributed by atoms with Gasteiger partial charge in [-0.25, -0.2) is 0 Å². The maximum absolute atomic E-state index is 12.6. The molecule has 0 aliphatic carbocycles. The standard InChI is InChI=1S/C24H32N4O3/c1-5-14-28(15-6-2)24(31)18-10-12-20(13-11-18)25-17-22(29)26-21-9-7-8-19(16-21)23(30)27(3)4/h7-13,16,25H,5-6,14-15,17H2,1-4H3,(H,26,29). The first kappa shape index (κ1) is 23.9. The van der Waals surface area contributed by atoms with Crippen molar-refractivity contribution in [3.05, 3.63) is 59.7 Å². The average Bonchev–Trinajstić information content (AvgIpc) is 2.77. The molecule has 7 heteroatoms. The van der Waals surface area contributed by atoms with Crippen LogP contribution < -0.4 is 10.6 Å². The van der Waals surface area contributed by atoms with E-state index in [2.05, 4.69) is 24.5 Å². The predicted octanol–water partition coefficient (Wildman–Crippen LogP) is 3.70. The quantitative estimate of drug-likeness (QED) is 0.609. The number of nitrogens with one attached hydrogen (secondary N) is 2. The molecular weight excluding hydrogens is 392 g/mol. The summed E-state index contributed by atoms with van der Waals surface area (Å²) in [6, 6.07) is 14.0. The fraction of sp³-hybridized carbons (Fsp3) is 0.375. The third kappa shape index (κ3) is 7.13. The molecule has 2 rings (SSSR count). The Morgan fingerprint density at radius 1 is 0.806 bits per heavy atom. The van der Waals surface area contributed by atoms with Crippen LogP contribution in [0, 0.1) is 0 Å². The van der Waals surface area contributed by atoms with E-state index >= 15 is 0 Å². The normalized spacial score (nSPS) is 10.3. The molecule has 166 valence electrons. The van der Waals surface area contributed by atoms with Crippen molar-refractivity contribution in [2.24, 2.45) is 0 Å². The molecule has 0 radical (unpaired) electrons. The van der Waals surface area contributed by atoms with Gasteiger partial charge in [0.15, 0.2) is 0 Å². The summed E-state index contributed by atoms with van der Waals surface area (Å²) in [5.74, 6) is -0.327. The minimum atomic E-state index is -0.230. The number of hydrogen-bond acceptors (Lipinski definition) is 4. The van der Waals surface area contributed by atoms with E-state index < -0.39 is 0 Å². The van der Waals surface area contributed by atoms with Crippen LogP contribution in [0.2, 0.25) is 0 Å². The molecule has 2 aromatic carbocycles. The van der Waals surface area contributed by atoms with Gasteiger partial charge in [0.2, 0.25) is 5.91 Å². The van der Waals surface area contributed by atoms with Crippen LogP contribution in [-0.4, -0.2) is 61.3 Å². The predicted molar refractivity (Wildman–Crippen MR) is 125 cm³/mol. The first-order chi connectivity index (χ1) is 14.8. The van der Waals surface area contributed by atoms with Crippen molar-refractivity contribution in [1.82, 2.24) is 9.80 Å². The number of rotatable bonds is 10. The van der Waals surface area contributed by atoms with Gasteiger partial charge in [-0.05, 0) is 55.3 Å². The number of hydrogen-bond donors (Lipinski definition) is 2. The van der Waals surface area contributed by atoms with E-state index in [9.17, 15) is 14.4 Å². The van der Waals surface area contributed by atoms with Crippen molar-refractivity contribution in [3.63, 3.8) is 0 Å². The second-order valence-electron chi connectivity index (χ2n) is 7.55. The van der Waals surface area contributed by atoms with E-state index in [0.717, 1.165) is 31.6 Å². The van der Waals surface area contributed by atoms with Gasteiger partial charge in [-0.15, -0.1) is 0 Å². The van der Waals surface area contributed by atoms with Gasteiger partial charge in [-0.3, -0.25) is 14.4 Å². The zero-order valence-electron chi connectivity index (χ0n) is 18.8. The molecule has 0 atom stereocenters. The van der Waals surface area contributed by atoms with E-state index in [1.165, 1.54) is 4.90 Å². The van der Waals surface area contributed by atoms with Crippen LogP contribution in [0.15, 0.2) is 48.5 Å². The number of carbonyl (C=O) groups is 3. The average molecular weight is 425 g/mol. The maximum Gasteiger partial charge on any atom is 0.253 e. The van der Waals surface area contributed by atoms with Crippen LogP contribution in [-0.2, 0) is 4.79 Å². The second-order valence-corrected chi connectivity index (χ2v) is 7.55. The van der Waals surface area contributed by atoms with E-state index in [1.807, 2.05) is 4.90 Å². The Balaban J connectivity index is 1.92. The lowest BCUT2D eigenvalue weighted by Crippen LogP contribution is -2.32. The Morgan fingerprint density at radius 2 is 1.45 bits per heavy atom. The lowest BCUT2D eigenvalue weighted by Gasteiger charge is -2.21. The van der Waals surface area contributed by atoms with Gasteiger partial charge < -0.3 is 20.4 Å². The SMILES string of the molecule is CCCN(CCC)C(=O)c1ccc(NCC(=O)Nc2cccc(C(=O)N(C)C)c2)cc1. The molecule has 0 heterocycles. The van der Waals surface area contributed by atoms with E-state index in [4.69, 9.17) is 0 Å². The summed E-state index contributed by atoms with van der Waals surface area (Å²) in [6.45, 7) is 5.67. The summed E-state index contributed by atoms with van der Waals surface area (Å²) in [7, 11) is 3.36. The molecule has 0 saturated heterocycles. The molecule has 0 fully saturated rings. The third-order valence-corrected chi connectivity index (χ3v) is 4.66. The number of amides is 3. The Labute approximate surface area is 184 Å². The number of benzene rings is 2. The van der Waals surface area contributed by atoms with Crippen molar-refractivity contribution in [2.45, 2.75) is 26.7 Å². The largest absolute Gasteiger partial charge is 0.376 e. The van der Waals surface area contributed by atoms with Crippen molar-refractivity contribution < 1.29 is 14.4 Å². The summed E-state index contributed by atoms with van der Waals surface area (Å²) < 4.78 is 0. The summed E-state index contributed by atoms with van der Waals surface area (Å²) in [6.07, 6.45) is 1.85. The molecular formula is C24H32N4O3. The van der Waals surface area contributed by atoms with E-state index in [1.54, 1.807) is 62.6 Å². The van der Waals surface area contributed by atoms with Crippen molar-refractivity contribution in [3.8, 4) is 0 Å².